The van der Waals surface area contributed by atoms with E-state index in [4.69, 9.17) is 25.6 Å². The van der Waals surface area contributed by atoms with Gasteiger partial charge in [0.05, 0.1) is 32.0 Å². The highest BCUT2D eigenvalue weighted by Gasteiger charge is 2.51. The fourth-order valence-electron chi connectivity index (χ4n) is 2.75. The third-order valence-electron chi connectivity index (χ3n) is 5.01. The van der Waals surface area contributed by atoms with Crippen molar-refractivity contribution in [1.82, 2.24) is 4.98 Å². The van der Waals surface area contributed by atoms with Crippen molar-refractivity contribution in [2.75, 3.05) is 0 Å². The molecule has 26 heavy (non-hydrogen) atoms. The maximum atomic E-state index is 6.45. The Hall–Kier alpha value is -1.60. The van der Waals surface area contributed by atoms with Crippen LogP contribution in [0.15, 0.2) is 41.9 Å². The minimum Gasteiger partial charge on any atom is -0.456 e. The van der Waals surface area contributed by atoms with E-state index in [2.05, 4.69) is 4.98 Å². The fourth-order valence-corrected chi connectivity index (χ4v) is 3.64. The maximum absolute atomic E-state index is 6.45. The van der Waals surface area contributed by atoms with Gasteiger partial charge in [-0.1, -0.05) is 17.7 Å². The molecule has 0 amide bonds. The molecule has 1 fully saturated rings. The molecule has 1 aromatic heterocycles. The topological polar surface area (TPSA) is 40.6 Å². The quantitative estimate of drug-likeness (QED) is 0.590. The van der Waals surface area contributed by atoms with E-state index in [-0.39, 0.29) is 11.2 Å². The van der Waals surface area contributed by atoms with E-state index < -0.39 is 7.12 Å². The Morgan fingerprint density at radius 2 is 1.77 bits per heavy atom. The monoisotopic (exact) mass is 387 g/mol. The summed E-state index contributed by atoms with van der Waals surface area (Å²) in [6.07, 6.45) is 0. The number of rotatable bonds is 3. The van der Waals surface area contributed by atoms with Gasteiger partial charge in [0.15, 0.2) is 0 Å². The molecule has 1 aliphatic heterocycles. The van der Waals surface area contributed by atoms with Gasteiger partial charge in [0, 0.05) is 6.07 Å². The van der Waals surface area contributed by atoms with Crippen LogP contribution in [0.25, 0.3) is 10.2 Å². The molecule has 2 heterocycles. The minimum atomic E-state index is -0.446. The molecule has 2 aromatic carbocycles. The highest BCUT2D eigenvalue weighted by Crippen LogP contribution is 2.37. The molecular formula is C19H19BClNO3S. The molecule has 0 atom stereocenters. The summed E-state index contributed by atoms with van der Waals surface area (Å²) >= 11 is 8.05. The zero-order valence-corrected chi connectivity index (χ0v) is 16.6. The van der Waals surface area contributed by atoms with Crippen LogP contribution in [0.2, 0.25) is 5.02 Å². The van der Waals surface area contributed by atoms with Crippen LogP contribution >= 0.6 is 22.9 Å². The number of halogens is 1. The van der Waals surface area contributed by atoms with Crippen molar-refractivity contribution in [3.05, 3.63) is 46.9 Å². The van der Waals surface area contributed by atoms with Crippen molar-refractivity contribution in [3.8, 4) is 11.5 Å². The Labute approximate surface area is 162 Å². The van der Waals surface area contributed by atoms with Crippen molar-refractivity contribution in [2.24, 2.45) is 0 Å². The molecule has 0 bridgehead atoms. The van der Waals surface area contributed by atoms with Crippen LogP contribution in [-0.2, 0) is 9.31 Å². The van der Waals surface area contributed by atoms with Crippen LogP contribution in [0.3, 0.4) is 0 Å². The van der Waals surface area contributed by atoms with Gasteiger partial charge in [-0.3, -0.25) is 0 Å². The zero-order chi connectivity index (χ0) is 18.5. The summed E-state index contributed by atoms with van der Waals surface area (Å²) in [6.45, 7) is 8.11. The standard InChI is InChI=1S/C19H19BClNO3S/c1-18(2)19(3,4)25-20(24-18)12-5-7-16(14(21)9-12)23-13-6-8-17-15(10-13)22-11-26-17/h5-11H,1-4H3. The first-order chi connectivity index (χ1) is 12.2. The number of aromatic nitrogens is 1. The van der Waals surface area contributed by atoms with Gasteiger partial charge in [-0.2, -0.15) is 0 Å². The van der Waals surface area contributed by atoms with Gasteiger partial charge in [-0.05, 0) is 57.4 Å². The normalized spacial score (nSPS) is 18.4. The van der Waals surface area contributed by atoms with Crippen LogP contribution in [-0.4, -0.2) is 23.3 Å². The number of ether oxygens (including phenoxy) is 1. The van der Waals surface area contributed by atoms with Crippen molar-refractivity contribution >= 4 is 45.7 Å². The van der Waals surface area contributed by atoms with Crippen LogP contribution in [0, 0.1) is 0 Å². The second kappa shape index (κ2) is 6.24. The van der Waals surface area contributed by atoms with Gasteiger partial charge >= 0.3 is 7.12 Å². The van der Waals surface area contributed by atoms with Gasteiger partial charge in [-0.25, -0.2) is 4.98 Å². The van der Waals surface area contributed by atoms with Crippen LogP contribution in [0.5, 0.6) is 11.5 Å². The highest BCUT2D eigenvalue weighted by molar-refractivity contribution is 7.16. The van der Waals surface area contributed by atoms with Gasteiger partial charge in [0.1, 0.15) is 11.5 Å². The van der Waals surface area contributed by atoms with E-state index >= 15 is 0 Å². The van der Waals surface area contributed by atoms with Crippen LogP contribution < -0.4 is 10.2 Å². The Morgan fingerprint density at radius 3 is 2.46 bits per heavy atom. The molecule has 3 aromatic rings. The average molecular weight is 388 g/mol. The number of nitrogens with zero attached hydrogens (tertiary/aromatic N) is 1. The molecule has 0 N–H and O–H groups in total. The Morgan fingerprint density at radius 1 is 1.04 bits per heavy atom. The van der Waals surface area contributed by atoms with Crippen LogP contribution in [0.1, 0.15) is 27.7 Å². The Kier molecular flexibility index (Phi) is 4.27. The summed E-state index contributed by atoms with van der Waals surface area (Å²) in [4.78, 5) is 4.31. The first-order valence-electron chi connectivity index (χ1n) is 8.41. The third kappa shape index (κ3) is 3.12. The lowest BCUT2D eigenvalue weighted by Crippen LogP contribution is -2.41. The van der Waals surface area contributed by atoms with E-state index in [9.17, 15) is 0 Å². The Balaban J connectivity index is 1.56. The predicted octanol–water partition coefficient (Wildman–Crippen LogP) is 5.04. The number of hydrogen-bond donors (Lipinski definition) is 0. The summed E-state index contributed by atoms with van der Waals surface area (Å²) in [7, 11) is -0.446. The lowest BCUT2D eigenvalue weighted by atomic mass is 9.79. The predicted molar refractivity (Wildman–Crippen MR) is 107 cm³/mol. The molecular weight excluding hydrogens is 369 g/mol. The van der Waals surface area contributed by atoms with Gasteiger partial charge < -0.3 is 14.0 Å². The molecule has 1 aliphatic rings. The summed E-state index contributed by atoms with van der Waals surface area (Å²) < 4.78 is 19.2. The smallest absolute Gasteiger partial charge is 0.456 e. The lowest BCUT2D eigenvalue weighted by molar-refractivity contribution is 0.00578. The maximum Gasteiger partial charge on any atom is 0.494 e. The van der Waals surface area contributed by atoms with Gasteiger partial charge in [0.25, 0.3) is 0 Å². The van der Waals surface area contributed by atoms with Gasteiger partial charge in [-0.15, -0.1) is 11.3 Å². The van der Waals surface area contributed by atoms with Crippen molar-refractivity contribution in [2.45, 2.75) is 38.9 Å². The fraction of sp³-hybridized carbons (Fsp3) is 0.316. The Bertz CT molecular complexity index is 956. The van der Waals surface area contributed by atoms with Crippen molar-refractivity contribution in [1.29, 1.82) is 0 Å². The summed E-state index contributed by atoms with van der Waals surface area (Å²) in [6, 6.07) is 11.4. The second-order valence-electron chi connectivity index (χ2n) is 7.36. The van der Waals surface area contributed by atoms with Gasteiger partial charge in [0.2, 0.25) is 0 Å². The summed E-state index contributed by atoms with van der Waals surface area (Å²) in [5.74, 6) is 1.29. The first kappa shape index (κ1) is 17.8. The molecule has 4 rings (SSSR count). The number of fused-ring (bicyclic) bond motifs is 1. The van der Waals surface area contributed by atoms with E-state index in [1.165, 1.54) is 0 Å². The highest BCUT2D eigenvalue weighted by atomic mass is 35.5. The minimum absolute atomic E-state index is 0.387. The molecule has 0 unspecified atom stereocenters. The van der Waals surface area contributed by atoms with Crippen LogP contribution in [0.4, 0.5) is 0 Å². The summed E-state index contributed by atoms with van der Waals surface area (Å²) in [5, 5.41) is 0.510. The molecule has 0 radical (unpaired) electrons. The second-order valence-corrected chi connectivity index (χ2v) is 8.66. The van der Waals surface area contributed by atoms with E-state index in [1.807, 2.05) is 69.6 Å². The summed E-state index contributed by atoms with van der Waals surface area (Å²) in [5.41, 5.74) is 2.83. The number of benzene rings is 2. The molecule has 0 spiro atoms. The van der Waals surface area contributed by atoms with Crippen molar-refractivity contribution in [3.63, 3.8) is 0 Å². The largest absolute Gasteiger partial charge is 0.494 e. The third-order valence-corrected chi connectivity index (χ3v) is 6.12. The van der Waals surface area contributed by atoms with E-state index in [0.717, 1.165) is 15.7 Å². The molecule has 4 nitrogen and oxygen atoms in total. The number of hydrogen-bond acceptors (Lipinski definition) is 5. The molecule has 1 saturated heterocycles. The van der Waals surface area contributed by atoms with E-state index in [0.29, 0.717) is 16.5 Å². The molecule has 0 aliphatic carbocycles. The lowest BCUT2D eigenvalue weighted by Gasteiger charge is -2.32. The molecule has 7 heteroatoms. The SMILES string of the molecule is CC1(C)OB(c2ccc(Oc3ccc4scnc4c3)c(Cl)c2)OC1(C)C. The molecule has 134 valence electrons. The van der Waals surface area contributed by atoms with E-state index in [1.54, 1.807) is 11.3 Å². The zero-order valence-electron chi connectivity index (χ0n) is 15.1. The number of thiazole rings is 1. The van der Waals surface area contributed by atoms with Crippen molar-refractivity contribution < 1.29 is 14.0 Å². The molecule has 0 saturated carbocycles. The average Bonchev–Trinajstić information content (AvgIpc) is 3.11. The first-order valence-corrected chi connectivity index (χ1v) is 9.67.